The molecule has 0 saturated heterocycles. The zero-order valence-corrected chi connectivity index (χ0v) is 16.6. The first-order chi connectivity index (χ1) is 14.2. The molecule has 2 aromatic carbocycles. The summed E-state index contributed by atoms with van der Waals surface area (Å²) in [5.74, 6) is -0.0614. The van der Waals surface area contributed by atoms with Crippen LogP contribution in [0.5, 0.6) is 0 Å². The van der Waals surface area contributed by atoms with Gasteiger partial charge in [0.1, 0.15) is 0 Å². The lowest BCUT2D eigenvalue weighted by molar-refractivity contribution is -0.115. The first-order valence-corrected chi connectivity index (χ1v) is 10.2. The second kappa shape index (κ2) is 7.14. The minimum atomic E-state index is -0.0614. The van der Waals surface area contributed by atoms with Crippen molar-refractivity contribution in [3.63, 3.8) is 0 Å². The molecule has 142 valence electrons. The van der Waals surface area contributed by atoms with E-state index in [1.165, 1.54) is 0 Å². The van der Waals surface area contributed by atoms with E-state index in [9.17, 15) is 4.79 Å². The van der Waals surface area contributed by atoms with E-state index in [4.69, 9.17) is 0 Å². The second-order valence-corrected chi connectivity index (χ2v) is 7.76. The molecule has 0 bridgehead atoms. The summed E-state index contributed by atoms with van der Waals surface area (Å²) in [5.41, 5.74) is 5.68. The van der Waals surface area contributed by atoms with Crippen LogP contribution in [0.15, 0.2) is 72.4 Å². The van der Waals surface area contributed by atoms with Crippen molar-refractivity contribution < 1.29 is 4.79 Å². The van der Waals surface area contributed by atoms with Crippen molar-refractivity contribution in [2.24, 2.45) is 0 Å². The standard InChI is InChI=1S/C23H18N4OS/c1-15-9-10-19(18-8-5-11-24-22(15)18)25-21(28)12-17-14-29-23-26-20(13-27(17)23)16-6-3-2-4-7-16/h2-11,13-14H,12H2,1H3,(H,25,28). The number of nitrogens with zero attached hydrogens (tertiary/aromatic N) is 3. The van der Waals surface area contributed by atoms with Crippen LogP contribution in [0.2, 0.25) is 0 Å². The molecule has 0 saturated carbocycles. The van der Waals surface area contributed by atoms with Crippen LogP contribution in [0.1, 0.15) is 11.3 Å². The van der Waals surface area contributed by atoms with Crippen LogP contribution < -0.4 is 5.32 Å². The highest BCUT2D eigenvalue weighted by Gasteiger charge is 2.14. The molecule has 29 heavy (non-hydrogen) atoms. The van der Waals surface area contributed by atoms with E-state index in [1.54, 1.807) is 17.5 Å². The predicted octanol–water partition coefficient (Wildman–Crippen LogP) is 5.10. The molecule has 5 nitrogen and oxygen atoms in total. The number of aryl methyl sites for hydroxylation is 1. The van der Waals surface area contributed by atoms with Crippen LogP contribution in [0.3, 0.4) is 0 Å². The summed E-state index contributed by atoms with van der Waals surface area (Å²) < 4.78 is 2.00. The number of benzene rings is 2. The molecule has 5 rings (SSSR count). The van der Waals surface area contributed by atoms with Crippen molar-refractivity contribution in [1.82, 2.24) is 14.4 Å². The van der Waals surface area contributed by atoms with E-state index in [2.05, 4.69) is 15.3 Å². The minimum absolute atomic E-state index is 0.0614. The van der Waals surface area contributed by atoms with Crippen molar-refractivity contribution in [3.8, 4) is 11.3 Å². The minimum Gasteiger partial charge on any atom is -0.325 e. The molecular weight excluding hydrogens is 380 g/mol. The molecule has 6 heteroatoms. The van der Waals surface area contributed by atoms with Crippen LogP contribution in [0, 0.1) is 6.92 Å². The van der Waals surface area contributed by atoms with E-state index in [0.717, 1.165) is 44.1 Å². The van der Waals surface area contributed by atoms with Gasteiger partial charge < -0.3 is 5.32 Å². The number of fused-ring (bicyclic) bond motifs is 2. The number of thiazole rings is 1. The van der Waals surface area contributed by atoms with Gasteiger partial charge in [-0.3, -0.25) is 14.2 Å². The van der Waals surface area contributed by atoms with Crippen LogP contribution in [-0.4, -0.2) is 20.3 Å². The molecule has 0 atom stereocenters. The third-order valence-corrected chi connectivity index (χ3v) is 5.83. The first kappa shape index (κ1) is 17.6. The fourth-order valence-electron chi connectivity index (χ4n) is 3.49. The maximum Gasteiger partial charge on any atom is 0.230 e. The molecule has 0 spiro atoms. The SMILES string of the molecule is Cc1ccc(NC(=O)Cc2csc3nc(-c4ccccc4)cn23)c2cccnc12. The van der Waals surface area contributed by atoms with Gasteiger partial charge in [0.2, 0.25) is 5.91 Å². The summed E-state index contributed by atoms with van der Waals surface area (Å²) in [7, 11) is 0. The third-order valence-electron chi connectivity index (χ3n) is 4.94. The molecule has 0 aliphatic carbocycles. The molecule has 1 amide bonds. The zero-order valence-electron chi connectivity index (χ0n) is 15.8. The number of carbonyl (C=O) groups excluding carboxylic acids is 1. The predicted molar refractivity (Wildman–Crippen MR) is 117 cm³/mol. The molecule has 3 aromatic heterocycles. The monoisotopic (exact) mass is 398 g/mol. The maximum absolute atomic E-state index is 12.8. The molecule has 0 aliphatic heterocycles. The molecule has 3 heterocycles. The van der Waals surface area contributed by atoms with Crippen molar-refractivity contribution in [2.75, 3.05) is 5.32 Å². The van der Waals surface area contributed by atoms with Gasteiger partial charge in [-0.1, -0.05) is 36.4 Å². The average Bonchev–Trinajstić information content (AvgIpc) is 3.33. The summed E-state index contributed by atoms with van der Waals surface area (Å²) in [5, 5.41) is 5.99. The lowest BCUT2D eigenvalue weighted by Crippen LogP contribution is -2.15. The molecule has 0 unspecified atom stereocenters. The van der Waals surface area contributed by atoms with E-state index < -0.39 is 0 Å². The van der Waals surface area contributed by atoms with E-state index in [1.807, 2.05) is 77.5 Å². The molecular formula is C23H18N4OS. The summed E-state index contributed by atoms with van der Waals surface area (Å²) in [6.45, 7) is 2.02. The second-order valence-electron chi connectivity index (χ2n) is 6.93. The summed E-state index contributed by atoms with van der Waals surface area (Å²) in [6.07, 6.45) is 4.04. The highest BCUT2D eigenvalue weighted by Crippen LogP contribution is 2.26. The first-order valence-electron chi connectivity index (χ1n) is 9.34. The Morgan fingerprint density at radius 1 is 1.10 bits per heavy atom. The van der Waals surface area contributed by atoms with Crippen molar-refractivity contribution in [1.29, 1.82) is 0 Å². The lowest BCUT2D eigenvalue weighted by Gasteiger charge is -2.10. The van der Waals surface area contributed by atoms with Crippen LogP contribution in [0.25, 0.3) is 27.1 Å². The van der Waals surface area contributed by atoms with Gasteiger partial charge in [0.15, 0.2) is 4.96 Å². The number of amides is 1. The van der Waals surface area contributed by atoms with Gasteiger partial charge in [-0.05, 0) is 30.7 Å². The fourth-order valence-corrected chi connectivity index (χ4v) is 4.36. The van der Waals surface area contributed by atoms with E-state index in [-0.39, 0.29) is 12.3 Å². The number of aromatic nitrogens is 3. The van der Waals surface area contributed by atoms with Gasteiger partial charge in [0.25, 0.3) is 0 Å². The molecule has 5 aromatic rings. The van der Waals surface area contributed by atoms with Gasteiger partial charge in [-0.25, -0.2) is 4.98 Å². The average molecular weight is 398 g/mol. The van der Waals surface area contributed by atoms with Crippen LogP contribution >= 0.6 is 11.3 Å². The van der Waals surface area contributed by atoms with Crippen LogP contribution in [-0.2, 0) is 11.2 Å². The molecule has 1 N–H and O–H groups in total. The zero-order chi connectivity index (χ0) is 19.8. The molecule has 0 aliphatic rings. The Hall–Kier alpha value is -3.51. The van der Waals surface area contributed by atoms with E-state index in [0.29, 0.717) is 0 Å². The topological polar surface area (TPSA) is 59.3 Å². The number of nitrogens with one attached hydrogen (secondary N) is 1. The molecule has 0 fully saturated rings. The smallest absolute Gasteiger partial charge is 0.230 e. The van der Waals surface area contributed by atoms with Gasteiger partial charge >= 0.3 is 0 Å². The summed E-state index contributed by atoms with van der Waals surface area (Å²) in [6, 6.07) is 17.8. The molecule has 0 radical (unpaired) electrons. The summed E-state index contributed by atoms with van der Waals surface area (Å²) >= 11 is 1.54. The number of pyridine rings is 1. The highest BCUT2D eigenvalue weighted by atomic mass is 32.1. The number of imidazole rings is 1. The quantitative estimate of drug-likeness (QED) is 0.458. The number of hydrogen-bond acceptors (Lipinski definition) is 4. The van der Waals surface area contributed by atoms with Gasteiger partial charge in [-0.2, -0.15) is 0 Å². The lowest BCUT2D eigenvalue weighted by atomic mass is 10.1. The Kier molecular flexibility index (Phi) is 4.33. The Bertz CT molecular complexity index is 1340. The van der Waals surface area contributed by atoms with Gasteiger partial charge in [0.05, 0.1) is 23.3 Å². The van der Waals surface area contributed by atoms with Crippen LogP contribution in [0.4, 0.5) is 5.69 Å². The Morgan fingerprint density at radius 2 is 1.97 bits per heavy atom. The van der Waals surface area contributed by atoms with Gasteiger partial charge in [0, 0.05) is 34.4 Å². The number of anilines is 1. The Balaban J connectivity index is 1.41. The number of rotatable bonds is 4. The Morgan fingerprint density at radius 3 is 2.83 bits per heavy atom. The van der Waals surface area contributed by atoms with Crippen molar-refractivity contribution in [2.45, 2.75) is 13.3 Å². The van der Waals surface area contributed by atoms with E-state index >= 15 is 0 Å². The normalized spacial score (nSPS) is 11.2. The van der Waals surface area contributed by atoms with Crippen molar-refractivity contribution >= 4 is 38.8 Å². The maximum atomic E-state index is 12.8. The van der Waals surface area contributed by atoms with Gasteiger partial charge in [-0.15, -0.1) is 11.3 Å². The third kappa shape index (κ3) is 3.28. The largest absolute Gasteiger partial charge is 0.325 e. The highest BCUT2D eigenvalue weighted by molar-refractivity contribution is 7.15. The summed E-state index contributed by atoms with van der Waals surface area (Å²) in [4.78, 5) is 22.8. The number of carbonyl (C=O) groups is 1. The number of hydrogen-bond donors (Lipinski definition) is 1. The fraction of sp³-hybridized carbons (Fsp3) is 0.0870. The van der Waals surface area contributed by atoms with Crippen molar-refractivity contribution in [3.05, 3.63) is 83.6 Å². The Labute approximate surface area is 171 Å².